The summed E-state index contributed by atoms with van der Waals surface area (Å²) in [5.41, 5.74) is 1.60. The van der Waals surface area contributed by atoms with Gasteiger partial charge < -0.3 is 0 Å². The van der Waals surface area contributed by atoms with Crippen molar-refractivity contribution in [3.63, 3.8) is 0 Å². The number of aromatic nitrogens is 4. The third-order valence-corrected chi connectivity index (χ3v) is 3.57. The first-order valence-electron chi connectivity index (χ1n) is 6.62. The standard InChI is InChI=1S/C15H10ClF3N4/c16-12-6-3-10(13(8-12)14-20-22-23-21-14)7-9-1-4-11(5-2-9)15(17,18)19/h1-6,8H,7H2,(H,20,21,22,23). The Morgan fingerprint density at radius 2 is 1.78 bits per heavy atom. The van der Waals surface area contributed by atoms with Crippen molar-refractivity contribution >= 4 is 11.6 Å². The van der Waals surface area contributed by atoms with Crippen LogP contribution in [-0.4, -0.2) is 20.6 Å². The monoisotopic (exact) mass is 338 g/mol. The van der Waals surface area contributed by atoms with Crippen LogP contribution in [0.3, 0.4) is 0 Å². The minimum Gasteiger partial charge on any atom is -0.177 e. The van der Waals surface area contributed by atoms with E-state index in [1.54, 1.807) is 18.2 Å². The molecule has 8 heteroatoms. The molecule has 0 unspecified atom stereocenters. The third kappa shape index (κ3) is 3.50. The first-order chi connectivity index (χ1) is 10.9. The van der Waals surface area contributed by atoms with Gasteiger partial charge >= 0.3 is 6.18 Å². The molecule has 0 aliphatic heterocycles. The summed E-state index contributed by atoms with van der Waals surface area (Å²) in [6.07, 6.45) is -3.91. The van der Waals surface area contributed by atoms with Crippen LogP contribution in [0.1, 0.15) is 16.7 Å². The number of nitrogens with zero attached hydrogens (tertiary/aromatic N) is 3. The summed E-state index contributed by atoms with van der Waals surface area (Å²) in [5, 5.41) is 14.2. The van der Waals surface area contributed by atoms with Crippen LogP contribution < -0.4 is 0 Å². The maximum Gasteiger partial charge on any atom is 0.416 e. The molecule has 0 aliphatic carbocycles. The lowest BCUT2D eigenvalue weighted by Gasteiger charge is -2.10. The molecule has 0 aliphatic rings. The fraction of sp³-hybridized carbons (Fsp3) is 0.133. The number of tetrazole rings is 1. The number of benzene rings is 2. The van der Waals surface area contributed by atoms with Crippen molar-refractivity contribution in [1.82, 2.24) is 20.6 Å². The molecule has 2 aromatic carbocycles. The molecule has 4 nitrogen and oxygen atoms in total. The average molecular weight is 339 g/mol. The summed E-state index contributed by atoms with van der Waals surface area (Å²) >= 11 is 6.00. The van der Waals surface area contributed by atoms with Crippen LogP contribution in [0.4, 0.5) is 13.2 Å². The number of hydrogen-bond donors (Lipinski definition) is 1. The number of H-pyrrole nitrogens is 1. The van der Waals surface area contributed by atoms with Crippen LogP contribution in [0.25, 0.3) is 11.4 Å². The molecule has 1 aromatic heterocycles. The van der Waals surface area contributed by atoms with Gasteiger partial charge in [0.1, 0.15) is 0 Å². The van der Waals surface area contributed by atoms with E-state index >= 15 is 0 Å². The lowest BCUT2D eigenvalue weighted by molar-refractivity contribution is -0.137. The van der Waals surface area contributed by atoms with Crippen LogP contribution in [-0.2, 0) is 12.6 Å². The molecule has 0 fully saturated rings. The Kier molecular flexibility index (Phi) is 4.04. The summed E-state index contributed by atoms with van der Waals surface area (Å²) in [5.74, 6) is 0.384. The van der Waals surface area contributed by atoms with Gasteiger partial charge in [0, 0.05) is 10.6 Å². The van der Waals surface area contributed by atoms with E-state index in [0.29, 0.717) is 22.8 Å². The van der Waals surface area contributed by atoms with E-state index in [1.165, 1.54) is 12.1 Å². The molecular formula is C15H10ClF3N4. The topological polar surface area (TPSA) is 54.5 Å². The van der Waals surface area contributed by atoms with E-state index in [0.717, 1.165) is 23.3 Å². The van der Waals surface area contributed by atoms with E-state index in [1.807, 2.05) is 0 Å². The van der Waals surface area contributed by atoms with Gasteiger partial charge in [-0.25, -0.2) is 0 Å². The smallest absolute Gasteiger partial charge is 0.177 e. The van der Waals surface area contributed by atoms with Crippen LogP contribution >= 0.6 is 11.6 Å². The SMILES string of the molecule is FC(F)(F)c1ccc(Cc2ccc(Cl)cc2-c2nn[nH]n2)cc1. The fourth-order valence-electron chi connectivity index (χ4n) is 2.22. The minimum absolute atomic E-state index is 0.384. The predicted molar refractivity (Wildman–Crippen MR) is 78.9 cm³/mol. The summed E-state index contributed by atoms with van der Waals surface area (Å²) in [7, 11) is 0. The van der Waals surface area contributed by atoms with Crippen LogP contribution in [0.15, 0.2) is 42.5 Å². The summed E-state index contributed by atoms with van der Waals surface area (Å²) in [6, 6.07) is 10.3. The Balaban J connectivity index is 1.91. The van der Waals surface area contributed by atoms with Crippen molar-refractivity contribution in [2.45, 2.75) is 12.6 Å². The molecule has 0 atom stereocenters. The van der Waals surface area contributed by atoms with E-state index in [4.69, 9.17) is 11.6 Å². The van der Waals surface area contributed by atoms with Gasteiger partial charge in [-0.3, -0.25) is 0 Å². The van der Waals surface area contributed by atoms with Crippen molar-refractivity contribution in [1.29, 1.82) is 0 Å². The molecule has 0 spiro atoms. The molecule has 0 radical (unpaired) electrons. The number of alkyl halides is 3. The number of rotatable bonds is 3. The molecule has 3 rings (SSSR count). The number of nitrogens with one attached hydrogen (secondary N) is 1. The van der Waals surface area contributed by atoms with Gasteiger partial charge in [-0.1, -0.05) is 29.8 Å². The lowest BCUT2D eigenvalue weighted by Crippen LogP contribution is -2.04. The Morgan fingerprint density at radius 1 is 1.04 bits per heavy atom. The second-order valence-corrected chi connectivity index (χ2v) is 5.34. The van der Waals surface area contributed by atoms with Gasteiger partial charge in [0.25, 0.3) is 0 Å². The lowest BCUT2D eigenvalue weighted by atomic mass is 9.98. The molecule has 0 amide bonds. The van der Waals surface area contributed by atoms with Crippen molar-refractivity contribution in [3.05, 3.63) is 64.2 Å². The molecule has 1 N–H and O–H groups in total. The van der Waals surface area contributed by atoms with Gasteiger partial charge in [-0.2, -0.15) is 18.4 Å². The normalized spacial score (nSPS) is 11.7. The second kappa shape index (κ2) is 6.00. The Labute approximate surface area is 134 Å². The van der Waals surface area contributed by atoms with Crippen LogP contribution in [0, 0.1) is 0 Å². The summed E-state index contributed by atoms with van der Waals surface area (Å²) in [6.45, 7) is 0. The van der Waals surface area contributed by atoms with Crippen LogP contribution in [0.5, 0.6) is 0 Å². The van der Waals surface area contributed by atoms with Gasteiger partial charge in [0.15, 0.2) is 0 Å². The van der Waals surface area contributed by atoms with Crippen molar-refractivity contribution < 1.29 is 13.2 Å². The van der Waals surface area contributed by atoms with Crippen molar-refractivity contribution in [2.75, 3.05) is 0 Å². The van der Waals surface area contributed by atoms with Crippen molar-refractivity contribution in [2.24, 2.45) is 0 Å². The maximum absolute atomic E-state index is 12.6. The highest BCUT2D eigenvalue weighted by atomic mass is 35.5. The zero-order valence-electron chi connectivity index (χ0n) is 11.6. The van der Waals surface area contributed by atoms with Gasteiger partial charge in [0.05, 0.1) is 5.56 Å². The highest BCUT2D eigenvalue weighted by molar-refractivity contribution is 6.30. The molecule has 1 heterocycles. The first kappa shape index (κ1) is 15.5. The summed E-state index contributed by atoms with van der Waals surface area (Å²) in [4.78, 5) is 0. The highest BCUT2D eigenvalue weighted by Crippen LogP contribution is 2.30. The Hall–Kier alpha value is -2.41. The zero-order valence-corrected chi connectivity index (χ0v) is 12.4. The average Bonchev–Trinajstić information content (AvgIpc) is 3.03. The number of hydrogen-bond acceptors (Lipinski definition) is 3. The maximum atomic E-state index is 12.6. The quantitative estimate of drug-likeness (QED) is 0.781. The van der Waals surface area contributed by atoms with E-state index in [2.05, 4.69) is 20.6 Å². The van der Waals surface area contributed by atoms with Gasteiger partial charge in [-0.15, -0.1) is 10.2 Å². The molecule has 3 aromatic rings. The molecule has 0 bridgehead atoms. The molecule has 0 saturated heterocycles. The van der Waals surface area contributed by atoms with Gasteiger partial charge in [0.2, 0.25) is 5.82 Å². The first-order valence-corrected chi connectivity index (χ1v) is 6.99. The largest absolute Gasteiger partial charge is 0.416 e. The molecule has 23 heavy (non-hydrogen) atoms. The zero-order chi connectivity index (χ0) is 16.4. The molecule has 0 saturated carbocycles. The highest BCUT2D eigenvalue weighted by Gasteiger charge is 2.29. The summed E-state index contributed by atoms with van der Waals surface area (Å²) < 4.78 is 37.8. The van der Waals surface area contributed by atoms with E-state index in [-0.39, 0.29) is 0 Å². The molecule has 118 valence electrons. The molecular weight excluding hydrogens is 329 g/mol. The van der Waals surface area contributed by atoms with Crippen molar-refractivity contribution in [3.8, 4) is 11.4 Å². The van der Waals surface area contributed by atoms with Gasteiger partial charge in [-0.05, 0) is 47.0 Å². The predicted octanol–water partition coefficient (Wildman–Crippen LogP) is 4.13. The van der Waals surface area contributed by atoms with E-state index < -0.39 is 11.7 Å². The van der Waals surface area contributed by atoms with Crippen LogP contribution in [0.2, 0.25) is 5.02 Å². The number of aromatic amines is 1. The Bertz CT molecular complexity index is 799. The second-order valence-electron chi connectivity index (χ2n) is 4.91. The minimum atomic E-state index is -4.34. The Morgan fingerprint density at radius 3 is 2.39 bits per heavy atom. The fourth-order valence-corrected chi connectivity index (χ4v) is 2.39. The van der Waals surface area contributed by atoms with E-state index in [9.17, 15) is 13.2 Å². The third-order valence-electron chi connectivity index (χ3n) is 3.33. The number of halogens is 4.